The number of rotatable bonds is 5. The molecule has 0 radical (unpaired) electrons. The molecule has 5 nitrogen and oxygen atoms in total. The van der Waals surface area contributed by atoms with Crippen LogP contribution in [0.5, 0.6) is 0 Å². The number of hydrogen-bond donors (Lipinski definition) is 3. The Balaban J connectivity index is 1.95. The highest BCUT2D eigenvalue weighted by Gasteiger charge is 2.03. The predicted molar refractivity (Wildman–Crippen MR) is 65.4 cm³/mol. The number of hydrogen-bond acceptors (Lipinski definition) is 4. The quantitative estimate of drug-likeness (QED) is 0.753. The molecule has 0 bridgehead atoms. The summed E-state index contributed by atoms with van der Waals surface area (Å²) >= 11 is 0. The van der Waals surface area contributed by atoms with Gasteiger partial charge in [0.2, 0.25) is 0 Å². The lowest BCUT2D eigenvalue weighted by molar-refractivity contribution is 0.0697. The highest BCUT2D eigenvalue weighted by molar-refractivity contribution is 5.87. The van der Waals surface area contributed by atoms with Gasteiger partial charge in [0.05, 0.1) is 12.1 Å². The van der Waals surface area contributed by atoms with Crippen molar-refractivity contribution < 1.29 is 19.4 Å². The van der Waals surface area contributed by atoms with Crippen LogP contribution < -0.4 is 5.32 Å². The molecule has 1 aromatic heterocycles. The smallest absolute Gasteiger partial charge is 0.335 e. The zero-order valence-corrected chi connectivity index (χ0v) is 9.59. The topological polar surface area (TPSA) is 82.7 Å². The van der Waals surface area contributed by atoms with E-state index in [1.807, 2.05) is 0 Å². The van der Waals surface area contributed by atoms with Crippen molar-refractivity contribution >= 4 is 11.7 Å². The fourth-order valence-electron chi connectivity index (χ4n) is 1.52. The maximum Gasteiger partial charge on any atom is 0.335 e. The second kappa shape index (κ2) is 5.37. The minimum atomic E-state index is -0.944. The highest BCUT2D eigenvalue weighted by atomic mass is 16.4. The summed E-state index contributed by atoms with van der Waals surface area (Å²) in [5.74, 6) is 0.287. The number of aromatic carboxylic acids is 1. The summed E-state index contributed by atoms with van der Waals surface area (Å²) in [7, 11) is 0. The first kappa shape index (κ1) is 12.2. The average Bonchev–Trinajstić information content (AvgIpc) is 2.85. The Morgan fingerprint density at radius 3 is 2.33 bits per heavy atom. The molecule has 0 fully saturated rings. The molecule has 5 heteroatoms. The molecular weight excluding hydrogens is 234 g/mol. The van der Waals surface area contributed by atoms with E-state index in [2.05, 4.69) is 5.32 Å². The molecule has 0 saturated carbocycles. The van der Waals surface area contributed by atoms with Crippen molar-refractivity contribution in [3.8, 4) is 0 Å². The zero-order chi connectivity index (χ0) is 13.0. The average molecular weight is 247 g/mol. The lowest BCUT2D eigenvalue weighted by Gasteiger charge is -2.04. The summed E-state index contributed by atoms with van der Waals surface area (Å²) in [5.41, 5.74) is 1.06. The second-order valence-corrected chi connectivity index (χ2v) is 3.76. The van der Waals surface area contributed by atoms with E-state index >= 15 is 0 Å². The van der Waals surface area contributed by atoms with Crippen molar-refractivity contribution in [2.75, 3.05) is 5.32 Å². The number of anilines is 1. The van der Waals surface area contributed by atoms with Crippen LogP contribution in [0.25, 0.3) is 0 Å². The number of aliphatic hydroxyl groups excluding tert-OH is 1. The van der Waals surface area contributed by atoms with Crippen LogP contribution in [0.3, 0.4) is 0 Å². The number of carboxylic acid groups (broad SMARTS) is 1. The highest BCUT2D eigenvalue weighted by Crippen LogP contribution is 2.13. The molecule has 0 aliphatic carbocycles. The lowest BCUT2D eigenvalue weighted by atomic mass is 10.2. The molecule has 18 heavy (non-hydrogen) atoms. The number of carboxylic acids is 1. The summed E-state index contributed by atoms with van der Waals surface area (Å²) in [6.07, 6.45) is 0. The fraction of sp³-hybridized carbons (Fsp3) is 0.154. The van der Waals surface area contributed by atoms with Crippen molar-refractivity contribution in [2.24, 2.45) is 0 Å². The molecule has 0 unspecified atom stereocenters. The van der Waals surface area contributed by atoms with E-state index in [-0.39, 0.29) is 12.2 Å². The third-order valence-corrected chi connectivity index (χ3v) is 2.47. The van der Waals surface area contributed by atoms with Gasteiger partial charge in [0.25, 0.3) is 0 Å². The molecule has 94 valence electrons. The van der Waals surface area contributed by atoms with Crippen molar-refractivity contribution in [1.82, 2.24) is 0 Å². The van der Waals surface area contributed by atoms with Crippen molar-refractivity contribution in [3.63, 3.8) is 0 Å². The van der Waals surface area contributed by atoms with E-state index in [4.69, 9.17) is 14.6 Å². The van der Waals surface area contributed by atoms with Crippen LogP contribution in [0, 0.1) is 0 Å². The van der Waals surface area contributed by atoms with Gasteiger partial charge in [-0.1, -0.05) is 0 Å². The van der Waals surface area contributed by atoms with Crippen molar-refractivity contribution in [3.05, 3.63) is 53.5 Å². The maximum absolute atomic E-state index is 10.7. The molecule has 1 heterocycles. The summed E-state index contributed by atoms with van der Waals surface area (Å²) in [6.45, 7) is 0.361. The van der Waals surface area contributed by atoms with Gasteiger partial charge in [0, 0.05) is 5.69 Å². The van der Waals surface area contributed by atoms with Crippen molar-refractivity contribution in [2.45, 2.75) is 13.2 Å². The Bertz CT molecular complexity index is 530. The van der Waals surface area contributed by atoms with E-state index in [0.717, 1.165) is 5.69 Å². The van der Waals surface area contributed by atoms with Gasteiger partial charge in [-0.15, -0.1) is 0 Å². The Kier molecular flexibility index (Phi) is 3.64. The number of nitrogens with one attached hydrogen (secondary N) is 1. The number of carbonyl (C=O) groups is 1. The van der Waals surface area contributed by atoms with Gasteiger partial charge in [0.1, 0.15) is 18.1 Å². The molecule has 0 aliphatic heterocycles. The van der Waals surface area contributed by atoms with Gasteiger partial charge in [-0.05, 0) is 36.4 Å². The first-order valence-electron chi connectivity index (χ1n) is 5.44. The molecule has 0 atom stereocenters. The Hall–Kier alpha value is -2.27. The SMILES string of the molecule is O=C(O)c1ccc(NCc2ccc(CO)o2)cc1. The zero-order valence-electron chi connectivity index (χ0n) is 9.59. The van der Waals surface area contributed by atoms with Gasteiger partial charge in [-0.25, -0.2) is 4.79 Å². The third-order valence-electron chi connectivity index (χ3n) is 2.47. The van der Waals surface area contributed by atoms with E-state index in [1.54, 1.807) is 24.3 Å². The van der Waals surface area contributed by atoms with Crippen LogP contribution in [0.15, 0.2) is 40.8 Å². The minimum absolute atomic E-state index is 0.118. The summed E-state index contributed by atoms with van der Waals surface area (Å²) in [5, 5.41) is 20.7. The second-order valence-electron chi connectivity index (χ2n) is 3.76. The number of benzene rings is 1. The van der Waals surface area contributed by atoms with E-state index < -0.39 is 5.97 Å². The molecular formula is C13H13NO4. The van der Waals surface area contributed by atoms with Gasteiger partial charge >= 0.3 is 5.97 Å². The Morgan fingerprint density at radius 1 is 1.11 bits per heavy atom. The number of aliphatic hydroxyl groups is 1. The summed E-state index contributed by atoms with van der Waals surface area (Å²) in [4.78, 5) is 10.7. The van der Waals surface area contributed by atoms with Crippen LogP contribution in [-0.4, -0.2) is 16.2 Å². The molecule has 0 spiro atoms. The van der Waals surface area contributed by atoms with E-state index in [1.165, 1.54) is 12.1 Å². The summed E-state index contributed by atoms with van der Waals surface area (Å²) in [6, 6.07) is 9.95. The van der Waals surface area contributed by atoms with Gasteiger partial charge in [0.15, 0.2) is 0 Å². The van der Waals surface area contributed by atoms with Crippen LogP contribution in [-0.2, 0) is 13.2 Å². The predicted octanol–water partition coefficient (Wildman–Crippen LogP) is 2.08. The van der Waals surface area contributed by atoms with Crippen molar-refractivity contribution in [1.29, 1.82) is 0 Å². The van der Waals surface area contributed by atoms with Gasteiger partial charge < -0.3 is 19.9 Å². The maximum atomic E-state index is 10.7. The van der Waals surface area contributed by atoms with E-state index in [9.17, 15) is 4.79 Å². The molecule has 2 aromatic rings. The molecule has 0 amide bonds. The van der Waals surface area contributed by atoms with E-state index in [0.29, 0.717) is 18.1 Å². The normalized spacial score (nSPS) is 10.3. The largest absolute Gasteiger partial charge is 0.478 e. The first-order valence-corrected chi connectivity index (χ1v) is 5.44. The monoisotopic (exact) mass is 247 g/mol. The van der Waals surface area contributed by atoms with Crippen LogP contribution >= 0.6 is 0 Å². The van der Waals surface area contributed by atoms with Crippen LogP contribution in [0.2, 0.25) is 0 Å². The number of furan rings is 1. The lowest BCUT2D eigenvalue weighted by Crippen LogP contribution is -2.00. The Labute approximate surface area is 104 Å². The van der Waals surface area contributed by atoms with Crippen LogP contribution in [0.4, 0.5) is 5.69 Å². The first-order chi connectivity index (χ1) is 8.69. The molecule has 2 rings (SSSR count). The van der Waals surface area contributed by atoms with Gasteiger partial charge in [-0.2, -0.15) is 0 Å². The molecule has 1 aromatic carbocycles. The fourth-order valence-corrected chi connectivity index (χ4v) is 1.52. The van der Waals surface area contributed by atoms with Crippen LogP contribution in [0.1, 0.15) is 21.9 Å². The van der Waals surface area contributed by atoms with Gasteiger partial charge in [-0.3, -0.25) is 0 Å². The summed E-state index contributed by atoms with van der Waals surface area (Å²) < 4.78 is 5.31. The standard InChI is InChI=1S/C13H13NO4/c15-8-12-6-5-11(18-12)7-14-10-3-1-9(2-4-10)13(16)17/h1-6,14-15H,7-8H2,(H,16,17). The molecule has 0 aliphatic rings. The molecule has 0 saturated heterocycles. The Morgan fingerprint density at radius 2 is 1.78 bits per heavy atom. The third kappa shape index (κ3) is 2.89. The molecule has 3 N–H and O–H groups in total. The minimum Gasteiger partial charge on any atom is -0.478 e.